The van der Waals surface area contributed by atoms with Crippen molar-refractivity contribution < 1.29 is 27.1 Å². The first kappa shape index (κ1) is 16.9. The van der Waals surface area contributed by atoms with Crippen molar-refractivity contribution in [1.82, 2.24) is 0 Å². The van der Waals surface area contributed by atoms with E-state index in [2.05, 4.69) is 0 Å². The van der Waals surface area contributed by atoms with Gasteiger partial charge in [-0.25, -0.2) is 0 Å². The molecule has 11 heavy (non-hydrogen) atoms. The molecule has 0 fully saturated rings. The van der Waals surface area contributed by atoms with E-state index in [0.29, 0.717) is 0 Å². The minimum Gasteiger partial charge on any atom is -0.390 e. The fourth-order valence-electron chi connectivity index (χ4n) is 0.0896. The number of aliphatic hydroxyl groups excluding tert-OH is 1. The fraction of sp³-hybridized carbons (Fsp3) is 1.00. The Labute approximate surface area is 61.8 Å². The second-order valence-corrected chi connectivity index (χ2v) is 1.36. The van der Waals surface area contributed by atoms with E-state index in [4.69, 9.17) is 5.11 Å². The molecule has 1 nitrogen and oxygen atoms in total. The van der Waals surface area contributed by atoms with Gasteiger partial charge in [0.1, 0.15) is 6.61 Å². The van der Waals surface area contributed by atoms with Gasteiger partial charge in [-0.15, -0.1) is 0 Å². The molecule has 0 amide bonds. The molecule has 0 atom stereocenters. The normalized spacial score (nSPS) is 11.5. The molecule has 72 valence electrons. The van der Waals surface area contributed by atoms with Gasteiger partial charge in [0, 0.05) is 0 Å². The second kappa shape index (κ2) is 4.48. The molecule has 0 bridgehead atoms. The minimum atomic E-state index is -5.64. The zero-order chi connectivity index (χ0) is 7.71. The van der Waals surface area contributed by atoms with Crippen molar-refractivity contribution in [2.24, 2.45) is 0 Å². The number of hydrogen-bond donors (Lipinski definition) is 1. The van der Waals surface area contributed by atoms with Gasteiger partial charge in [0.15, 0.2) is 0 Å². The van der Waals surface area contributed by atoms with Crippen LogP contribution in [0.3, 0.4) is 0 Å². The molecule has 6 heteroatoms. The number of hydrogen-bond acceptors (Lipinski definition) is 1. The second-order valence-electron chi connectivity index (χ2n) is 1.36. The first-order chi connectivity index (χ1) is 3.81. The lowest BCUT2D eigenvalue weighted by Crippen LogP contribution is -2.39. The highest BCUT2D eigenvalue weighted by Crippen LogP contribution is 2.34. The van der Waals surface area contributed by atoms with Crippen LogP contribution in [-0.2, 0) is 0 Å². The quantitative estimate of drug-likeness (QED) is 0.617. The third-order valence-corrected chi connectivity index (χ3v) is 0.613. The monoisotopic (exact) mass is 182 g/mol. The van der Waals surface area contributed by atoms with Crippen LogP contribution >= 0.6 is 0 Å². The van der Waals surface area contributed by atoms with Crippen LogP contribution in [0.4, 0.5) is 22.0 Å². The molecule has 0 aromatic heterocycles. The Morgan fingerprint density at radius 1 is 0.909 bits per heavy atom. The summed E-state index contributed by atoms with van der Waals surface area (Å²) < 4.78 is 55.3. The lowest BCUT2D eigenvalue weighted by Gasteiger charge is -2.15. The Hall–Kier alpha value is -0.390. The van der Waals surface area contributed by atoms with Crippen LogP contribution in [0.5, 0.6) is 0 Å². The van der Waals surface area contributed by atoms with E-state index in [0.717, 1.165) is 0 Å². The Kier molecular flexibility index (Phi) is 6.89. The van der Waals surface area contributed by atoms with Crippen molar-refractivity contribution in [2.45, 2.75) is 27.0 Å². The Morgan fingerprint density at radius 2 is 1.18 bits per heavy atom. The molecular formula is C5H11F5O. The highest BCUT2D eigenvalue weighted by Gasteiger charge is 2.56. The average Bonchev–Trinajstić information content (AvgIpc) is 1.64. The molecule has 0 saturated carbocycles. The van der Waals surface area contributed by atoms with E-state index in [-0.39, 0.29) is 14.9 Å². The third kappa shape index (κ3) is 4.13. The van der Waals surface area contributed by atoms with Gasteiger partial charge in [0.2, 0.25) is 0 Å². The maximum Gasteiger partial charge on any atom is 0.455 e. The van der Waals surface area contributed by atoms with Crippen LogP contribution in [0.1, 0.15) is 14.9 Å². The largest absolute Gasteiger partial charge is 0.455 e. The molecule has 0 saturated heterocycles. The van der Waals surface area contributed by atoms with Gasteiger partial charge in [0.25, 0.3) is 0 Å². The number of alkyl halides is 5. The summed E-state index contributed by atoms with van der Waals surface area (Å²) in [6.45, 7) is -2.20. The van der Waals surface area contributed by atoms with Gasteiger partial charge < -0.3 is 5.11 Å². The highest BCUT2D eigenvalue weighted by molar-refractivity contribution is 4.73. The van der Waals surface area contributed by atoms with E-state index < -0.39 is 18.7 Å². The van der Waals surface area contributed by atoms with Crippen LogP contribution in [0.15, 0.2) is 0 Å². The minimum absolute atomic E-state index is 0. The third-order valence-electron chi connectivity index (χ3n) is 0.613. The van der Waals surface area contributed by atoms with E-state index in [9.17, 15) is 22.0 Å². The van der Waals surface area contributed by atoms with Crippen LogP contribution in [0.25, 0.3) is 0 Å². The maximum absolute atomic E-state index is 11.3. The summed E-state index contributed by atoms with van der Waals surface area (Å²) in [5.41, 5.74) is 0. The van der Waals surface area contributed by atoms with Gasteiger partial charge in [0.05, 0.1) is 0 Å². The van der Waals surface area contributed by atoms with Crippen LogP contribution < -0.4 is 0 Å². The molecule has 0 aromatic rings. The highest BCUT2D eigenvalue weighted by atomic mass is 19.4. The number of halogens is 5. The summed E-state index contributed by atoms with van der Waals surface area (Å²) in [5.74, 6) is -4.97. The molecule has 0 radical (unpaired) electrons. The topological polar surface area (TPSA) is 20.2 Å². The summed E-state index contributed by atoms with van der Waals surface area (Å²) in [7, 11) is 0. The van der Waals surface area contributed by atoms with Crippen molar-refractivity contribution in [1.29, 1.82) is 0 Å². The van der Waals surface area contributed by atoms with Crippen molar-refractivity contribution in [3.05, 3.63) is 0 Å². The van der Waals surface area contributed by atoms with Gasteiger partial charge >= 0.3 is 12.1 Å². The maximum atomic E-state index is 11.3. The Morgan fingerprint density at radius 3 is 1.18 bits per heavy atom. The summed E-state index contributed by atoms with van der Waals surface area (Å²) in [6, 6.07) is 0. The van der Waals surface area contributed by atoms with Gasteiger partial charge in [-0.2, -0.15) is 22.0 Å². The van der Waals surface area contributed by atoms with Gasteiger partial charge in [-0.1, -0.05) is 14.9 Å². The van der Waals surface area contributed by atoms with Crippen LogP contribution in [-0.4, -0.2) is 23.8 Å². The molecule has 1 N–H and O–H groups in total. The first-order valence-corrected chi connectivity index (χ1v) is 1.86. The van der Waals surface area contributed by atoms with E-state index in [1.54, 1.807) is 0 Å². The first-order valence-electron chi connectivity index (χ1n) is 1.86. The lowest BCUT2D eigenvalue weighted by atomic mass is 10.3. The molecular weight excluding hydrogens is 171 g/mol. The van der Waals surface area contributed by atoms with Crippen molar-refractivity contribution >= 4 is 0 Å². The SMILES string of the molecule is C.C.OCC(F)(F)C(F)(F)F. The molecule has 0 aliphatic rings. The molecule has 0 spiro atoms. The summed E-state index contributed by atoms with van der Waals surface area (Å²) in [5, 5.41) is 7.46. The zero-order valence-corrected chi connectivity index (χ0v) is 4.04. The lowest BCUT2D eigenvalue weighted by molar-refractivity contribution is -0.292. The molecule has 0 aliphatic carbocycles. The van der Waals surface area contributed by atoms with Crippen LogP contribution in [0.2, 0.25) is 0 Å². The van der Waals surface area contributed by atoms with Crippen LogP contribution in [0, 0.1) is 0 Å². The molecule has 0 heterocycles. The molecule has 0 aromatic carbocycles. The summed E-state index contributed by atoms with van der Waals surface area (Å²) >= 11 is 0. The van der Waals surface area contributed by atoms with Gasteiger partial charge in [-0.05, 0) is 0 Å². The predicted molar refractivity (Wildman–Crippen MR) is 31.5 cm³/mol. The zero-order valence-electron chi connectivity index (χ0n) is 4.04. The fourth-order valence-corrected chi connectivity index (χ4v) is 0.0896. The molecule has 0 rings (SSSR count). The Balaban J connectivity index is -0.000000320. The van der Waals surface area contributed by atoms with Crippen molar-refractivity contribution in [3.8, 4) is 0 Å². The smallest absolute Gasteiger partial charge is 0.390 e. The van der Waals surface area contributed by atoms with E-state index in [1.807, 2.05) is 0 Å². The predicted octanol–water partition coefficient (Wildman–Crippen LogP) is 2.45. The van der Waals surface area contributed by atoms with Crippen molar-refractivity contribution in [2.75, 3.05) is 6.61 Å². The number of rotatable bonds is 1. The average molecular weight is 182 g/mol. The van der Waals surface area contributed by atoms with E-state index >= 15 is 0 Å². The Bertz CT molecular complexity index is 97.5. The van der Waals surface area contributed by atoms with Gasteiger partial charge in [-0.3, -0.25) is 0 Å². The van der Waals surface area contributed by atoms with Crippen molar-refractivity contribution in [3.63, 3.8) is 0 Å². The summed E-state index contributed by atoms with van der Waals surface area (Å²) in [4.78, 5) is 0. The molecule has 0 unspecified atom stereocenters. The number of aliphatic hydroxyl groups is 1. The molecule has 0 aliphatic heterocycles. The summed E-state index contributed by atoms with van der Waals surface area (Å²) in [6.07, 6.45) is -5.64. The van der Waals surface area contributed by atoms with E-state index in [1.165, 1.54) is 0 Å². The standard InChI is InChI=1S/C3H3F5O.2CH4/c4-2(5,1-9)3(6,7)8;;/h9H,1H2;2*1H4.